The molecule has 16 aromatic rings. The first kappa shape index (κ1) is 37.9. The highest BCUT2D eigenvalue weighted by molar-refractivity contribution is 6.27. The number of hydrogen-bond donors (Lipinski definition) is 0. The van der Waals surface area contributed by atoms with E-state index in [0.717, 1.165) is 87.3 Å². The van der Waals surface area contributed by atoms with Crippen LogP contribution in [0.15, 0.2) is 232 Å². The number of aryl methyl sites for hydroxylation is 4. The molecule has 0 aliphatic heterocycles. The summed E-state index contributed by atoms with van der Waals surface area (Å²) in [5.41, 5.74) is 7.03. The van der Waals surface area contributed by atoms with Gasteiger partial charge in [0.1, 0.15) is 0 Å². The lowest BCUT2D eigenvalue weighted by Crippen LogP contribution is -1.88. The molecule has 0 bridgehead atoms. The topological polar surface area (TPSA) is 77.3 Å². The highest BCUT2D eigenvalue weighted by Gasteiger charge is 2.13. The van der Waals surface area contributed by atoms with Crippen molar-refractivity contribution in [2.24, 2.45) is 0 Å². The van der Waals surface area contributed by atoms with Crippen LogP contribution in [-0.2, 0) is 0 Å². The van der Waals surface area contributed by atoms with Crippen molar-refractivity contribution in [3.05, 3.63) is 254 Å². The van der Waals surface area contributed by atoms with Crippen LogP contribution >= 0.6 is 0 Å². The summed E-state index contributed by atoms with van der Waals surface area (Å²) >= 11 is 0. The van der Waals surface area contributed by atoms with E-state index in [9.17, 15) is 0 Å². The lowest BCUT2D eigenvalue weighted by Gasteiger charge is -2.10. The fourth-order valence-electron chi connectivity index (χ4n) is 11.1. The van der Waals surface area contributed by atoms with Crippen LogP contribution in [0, 0.1) is 27.6 Å². The maximum absolute atomic E-state index is 7.57. The number of benzene rings is 10. The largest absolute Gasteiger partial charge is 0.264 e. The Morgan fingerprint density at radius 2 is 0.513 bits per heavy atom. The average Bonchev–Trinajstić information content (AvgIpc) is 0.944. The Morgan fingerprint density at radius 1 is 0.250 bits per heavy atom. The van der Waals surface area contributed by atoms with Gasteiger partial charge in [0, 0.05) is 111 Å². The Hall–Kier alpha value is -9.78. The molecule has 6 aromatic heterocycles. The van der Waals surface area contributed by atoms with E-state index in [1.807, 2.05) is 91.9 Å². The first-order valence-electron chi connectivity index (χ1n) is 31.9. The molecular formula is C70H58N6. The Labute approximate surface area is 457 Å². The summed E-state index contributed by atoms with van der Waals surface area (Å²) in [7, 11) is 0. The van der Waals surface area contributed by atoms with Gasteiger partial charge in [-0.1, -0.05) is 162 Å². The molecule has 16 rings (SSSR count). The normalized spacial score (nSPS) is 12.5. The van der Waals surface area contributed by atoms with Gasteiger partial charge in [-0.05, 0) is 139 Å². The molecule has 0 unspecified atom stereocenters. The van der Waals surface area contributed by atoms with Gasteiger partial charge in [0.15, 0.2) is 0 Å². The highest BCUT2D eigenvalue weighted by atomic mass is 14.7. The van der Waals surface area contributed by atoms with Gasteiger partial charge in [-0.3, -0.25) is 29.9 Å². The van der Waals surface area contributed by atoms with E-state index in [1.54, 1.807) is 12.4 Å². The summed E-state index contributed by atoms with van der Waals surface area (Å²) in [6.07, 6.45) is 16.7. The lowest BCUT2D eigenvalue weighted by molar-refractivity contribution is 1.36. The molecule has 10 aromatic carbocycles. The molecule has 0 atom stereocenters. The second-order valence-corrected chi connectivity index (χ2v) is 19.1. The number of nitrogens with zero attached hydrogens (tertiary/aromatic N) is 6. The van der Waals surface area contributed by atoms with E-state index in [0.29, 0.717) is 27.6 Å². The molecule has 0 N–H and O–H groups in total. The summed E-state index contributed by atoms with van der Waals surface area (Å²) in [6.45, 7) is 1.21. The molecule has 6 heterocycles. The predicted octanol–water partition coefficient (Wildman–Crippen LogP) is 19.2. The third-order valence-electron chi connectivity index (χ3n) is 14.5. The number of aromatic nitrogens is 6. The molecule has 76 heavy (non-hydrogen) atoms. The molecule has 0 fully saturated rings. The van der Waals surface area contributed by atoms with Crippen LogP contribution in [0.5, 0.6) is 0 Å². The maximum atomic E-state index is 7.57. The van der Waals surface area contributed by atoms with Crippen molar-refractivity contribution < 1.29 is 17.4 Å². The molecule has 0 radical (unpaired) electrons. The minimum absolute atomic E-state index is 0.294. The minimum atomic E-state index is 0.294. The Bertz CT molecular complexity index is 4300. The summed E-state index contributed by atoms with van der Waals surface area (Å²) in [5, 5.41) is 24.9. The van der Waals surface area contributed by atoms with E-state index in [-0.39, 0.29) is 0 Å². The van der Waals surface area contributed by atoms with Gasteiger partial charge >= 0.3 is 0 Å². The molecule has 0 aliphatic carbocycles. The van der Waals surface area contributed by atoms with Crippen molar-refractivity contribution >= 4 is 130 Å². The first-order chi connectivity index (χ1) is 43.5. The predicted molar refractivity (Wildman–Crippen MR) is 330 cm³/mol. The van der Waals surface area contributed by atoms with Crippen molar-refractivity contribution in [2.45, 2.75) is 27.6 Å². The zero-order chi connectivity index (χ0) is 62.1. The van der Waals surface area contributed by atoms with E-state index >= 15 is 0 Å². The zero-order valence-corrected chi connectivity index (χ0v) is 41.5. The van der Waals surface area contributed by atoms with Crippen molar-refractivity contribution in [1.29, 1.82) is 0 Å². The summed E-state index contributed by atoms with van der Waals surface area (Å²) in [5.74, 6) is 0. The highest BCUT2D eigenvalue weighted by Crippen LogP contribution is 2.38. The van der Waals surface area contributed by atoms with E-state index in [4.69, 9.17) is 17.4 Å². The van der Waals surface area contributed by atoms with Crippen molar-refractivity contribution in [2.75, 3.05) is 0 Å². The van der Waals surface area contributed by atoms with Crippen LogP contribution in [0.3, 0.4) is 0 Å². The van der Waals surface area contributed by atoms with Crippen LogP contribution in [0.4, 0.5) is 0 Å². The Morgan fingerprint density at radius 3 is 0.934 bits per heavy atom. The third kappa shape index (κ3) is 8.08. The number of rotatable bonds is 0. The SMILES string of the molecule is [2H]Cc1ccc2c(c1)c1cccnc1c1ncccc21.[2H]Cc1ccc2c3ccccc3c3ccncc3c2c1.[2H]Cc1ccc2c3ccccc3c3ncccc3c2c1.[2H]Cc1ccc2c3ccncc3c3ccncc3c2c1.[2H][2H].[2H][2H].[2H][2H].[2H][2H]. The van der Waals surface area contributed by atoms with Crippen LogP contribution in [-0.4, -0.2) is 29.9 Å². The average molecular weight is 995 g/mol. The molecule has 6 heteroatoms. The fraction of sp³-hybridized carbons (Fsp3) is 0.0571. The van der Waals surface area contributed by atoms with Crippen LogP contribution in [0.2, 0.25) is 0 Å². The number of fused-ring (bicyclic) bond motifs is 24. The Balaban J connectivity index is 0.000000134. The van der Waals surface area contributed by atoms with Crippen LogP contribution in [0.25, 0.3) is 130 Å². The van der Waals surface area contributed by atoms with Gasteiger partial charge in [0.25, 0.3) is 0 Å². The number of pyridine rings is 6. The monoisotopic (exact) mass is 995 g/mol. The summed E-state index contributed by atoms with van der Waals surface area (Å²) in [4.78, 5) is 26.4. The summed E-state index contributed by atoms with van der Waals surface area (Å²) in [6, 6.07) is 60.2. The fourth-order valence-corrected chi connectivity index (χ4v) is 11.1. The molecule has 0 saturated heterocycles. The van der Waals surface area contributed by atoms with Gasteiger partial charge in [0.2, 0.25) is 0 Å². The smallest absolute Gasteiger partial charge is 0.0970 e. The minimum Gasteiger partial charge on any atom is -0.264 e. The van der Waals surface area contributed by atoms with Crippen LogP contribution in [0.1, 0.15) is 39.6 Å². The molecule has 0 saturated carbocycles. The Kier molecular flexibility index (Phi) is 9.60. The van der Waals surface area contributed by atoms with Gasteiger partial charge in [-0.15, -0.1) is 0 Å². The second kappa shape index (κ2) is 19.2. The molecule has 0 amide bonds. The quantitative estimate of drug-likeness (QED) is 0.141. The van der Waals surface area contributed by atoms with Gasteiger partial charge in [0.05, 0.1) is 16.6 Å². The molecule has 0 aliphatic rings. The zero-order valence-electron chi connectivity index (χ0n) is 53.5. The van der Waals surface area contributed by atoms with Gasteiger partial charge < -0.3 is 0 Å². The second-order valence-electron chi connectivity index (χ2n) is 19.1. The van der Waals surface area contributed by atoms with Crippen molar-refractivity contribution in [1.82, 2.24) is 29.9 Å². The van der Waals surface area contributed by atoms with Crippen molar-refractivity contribution in [3.63, 3.8) is 0 Å². The maximum Gasteiger partial charge on any atom is 0.0970 e. The first-order valence-corrected chi connectivity index (χ1v) is 25.1. The number of hydrogen-bond acceptors (Lipinski definition) is 6. The molecule has 368 valence electrons. The standard InChI is InChI=1S/2C18H13N.2C17H12N2.4H2/c1-12-8-9-14-13-5-2-3-6-15(13)18-16(17(14)11-12)7-4-10-19-18;1-12-6-7-15-13-4-2-3-5-14(13)16-8-9-19-11-18(16)17(15)10-12;1-11-6-7-12-13-4-2-8-18-16(13)17-14(15(12)10-11)5-3-9-19-17;1-11-2-3-12-13-4-6-18-9-16(13)14-5-7-19-10-17(14)15(12)8-11;;;;/h2*2-11H,1H3;2*2-10H,1H3;4*1H/i4*1D;4*1+1D. The van der Waals surface area contributed by atoms with Gasteiger partial charge in [-0.2, -0.15) is 0 Å². The van der Waals surface area contributed by atoms with E-state index in [1.165, 1.54) is 64.6 Å². The van der Waals surface area contributed by atoms with E-state index < -0.39 is 0 Å². The van der Waals surface area contributed by atoms with Gasteiger partial charge in [-0.25, -0.2) is 0 Å². The van der Waals surface area contributed by atoms with E-state index in [2.05, 4.69) is 157 Å². The lowest BCUT2D eigenvalue weighted by atomic mass is 9.94. The third-order valence-corrected chi connectivity index (χ3v) is 14.5. The molecular weight excluding hydrogens is 925 g/mol. The molecule has 0 spiro atoms. The van der Waals surface area contributed by atoms with Crippen molar-refractivity contribution in [3.8, 4) is 0 Å². The molecule has 6 nitrogen and oxygen atoms in total. The summed E-state index contributed by atoms with van der Waals surface area (Å²) < 4.78 is 70.3. The van der Waals surface area contributed by atoms with Crippen LogP contribution < -0.4 is 0 Å².